The molecule has 198 valence electrons. The number of hydrogen-bond donors (Lipinski definition) is 2. The topological polar surface area (TPSA) is 109 Å². The first kappa shape index (κ1) is 23.0. The smallest absolute Gasteiger partial charge is 0.164 e. The van der Waals surface area contributed by atoms with Gasteiger partial charge >= 0.3 is 0 Å². The van der Waals surface area contributed by atoms with E-state index in [-0.39, 0.29) is 0 Å². The highest BCUT2D eigenvalue weighted by atomic mass is 15.1. The number of nitrogens with zero attached hydrogens (tertiary/aromatic N) is 6. The molecule has 2 N–H and O–H groups in total. The van der Waals surface area contributed by atoms with Crippen molar-refractivity contribution in [1.82, 2.24) is 39.9 Å². The van der Waals surface area contributed by atoms with Crippen LogP contribution in [0.15, 0.2) is 91.0 Å². The van der Waals surface area contributed by atoms with Crippen LogP contribution < -0.4 is 0 Å². The van der Waals surface area contributed by atoms with E-state index < -0.39 is 0 Å². The molecule has 0 amide bonds. The fourth-order valence-electron chi connectivity index (χ4n) is 6.06. The van der Waals surface area contributed by atoms with E-state index in [1.165, 1.54) is 5.56 Å². The summed E-state index contributed by atoms with van der Waals surface area (Å²) in [6.07, 6.45) is 0.857. The standard InChI is InChI=1S/C34H22N8/c1-2-18-10-9-17-25-26(18)34-41-32-24-16-8-7-15-23(24)30(39-32)37-28-20-12-4-3-11-19(20)27(35-28)36-29-21-13-5-6-14-22(21)31(38-29)40-33(25)42-34/h3-17H,2H2,1H3,(H2,35,36,37,38,39,40,41,42). The van der Waals surface area contributed by atoms with Crippen LogP contribution in [0.1, 0.15) is 12.5 Å². The van der Waals surface area contributed by atoms with Gasteiger partial charge in [-0.3, -0.25) is 0 Å². The summed E-state index contributed by atoms with van der Waals surface area (Å²) in [7, 11) is 0. The van der Waals surface area contributed by atoms with Gasteiger partial charge in [-0.1, -0.05) is 97.9 Å². The van der Waals surface area contributed by atoms with Crippen LogP contribution in [0, 0.1) is 0 Å². The van der Waals surface area contributed by atoms with Gasteiger partial charge in [0.25, 0.3) is 0 Å². The first-order valence-electron chi connectivity index (χ1n) is 14.0. The van der Waals surface area contributed by atoms with Gasteiger partial charge in [-0.05, 0) is 12.0 Å². The van der Waals surface area contributed by atoms with E-state index in [1.807, 2.05) is 72.8 Å². The minimum absolute atomic E-state index is 0.601. The lowest BCUT2D eigenvalue weighted by molar-refractivity contribution is 1.16. The summed E-state index contributed by atoms with van der Waals surface area (Å²) >= 11 is 0. The number of nitrogens with one attached hydrogen (secondary N) is 2. The summed E-state index contributed by atoms with van der Waals surface area (Å²) in [6, 6.07) is 30.6. The number of rotatable bonds is 1. The average Bonchev–Trinajstić information content (AvgIpc) is 3.76. The number of fused-ring (bicyclic) bond motifs is 20. The van der Waals surface area contributed by atoms with Crippen molar-refractivity contribution in [1.29, 1.82) is 0 Å². The van der Waals surface area contributed by atoms with Crippen LogP contribution in [0.4, 0.5) is 0 Å². The van der Waals surface area contributed by atoms with E-state index in [0.717, 1.165) is 55.9 Å². The molecular weight excluding hydrogens is 520 g/mol. The summed E-state index contributed by atoms with van der Waals surface area (Å²) in [4.78, 5) is 37.2. The molecule has 0 aliphatic carbocycles. The summed E-state index contributed by atoms with van der Waals surface area (Å²) < 4.78 is 0. The molecule has 9 rings (SSSR count). The lowest BCUT2D eigenvalue weighted by Crippen LogP contribution is -1.84. The number of hydrogen-bond acceptors (Lipinski definition) is 6. The maximum absolute atomic E-state index is 5.12. The maximum atomic E-state index is 5.12. The van der Waals surface area contributed by atoms with Crippen LogP contribution >= 0.6 is 0 Å². The number of aromatic amines is 2. The van der Waals surface area contributed by atoms with Gasteiger partial charge in [0.1, 0.15) is 22.6 Å². The van der Waals surface area contributed by atoms with E-state index >= 15 is 0 Å². The van der Waals surface area contributed by atoms with Gasteiger partial charge in [0.15, 0.2) is 23.3 Å². The van der Waals surface area contributed by atoms with Crippen molar-refractivity contribution in [3.8, 4) is 45.6 Å². The third-order valence-electron chi connectivity index (χ3n) is 8.05. The Morgan fingerprint density at radius 1 is 0.429 bits per heavy atom. The predicted molar refractivity (Wildman–Crippen MR) is 165 cm³/mol. The van der Waals surface area contributed by atoms with Gasteiger partial charge in [0, 0.05) is 43.8 Å². The van der Waals surface area contributed by atoms with Gasteiger partial charge < -0.3 is 9.97 Å². The van der Waals surface area contributed by atoms with Crippen molar-refractivity contribution < 1.29 is 0 Å². The molecule has 2 aliphatic rings. The summed E-state index contributed by atoms with van der Waals surface area (Å²) in [6.45, 7) is 2.15. The second kappa shape index (κ2) is 8.62. The van der Waals surface area contributed by atoms with Crippen molar-refractivity contribution >= 4 is 44.1 Å². The highest BCUT2D eigenvalue weighted by Gasteiger charge is 2.22. The van der Waals surface area contributed by atoms with Crippen LogP contribution in [0.3, 0.4) is 0 Å². The van der Waals surface area contributed by atoms with Crippen molar-refractivity contribution in [2.45, 2.75) is 13.3 Å². The van der Waals surface area contributed by atoms with E-state index in [2.05, 4.69) is 35.1 Å². The van der Waals surface area contributed by atoms with Gasteiger partial charge in [-0.2, -0.15) is 0 Å². The minimum Gasteiger partial charge on any atom is -0.324 e. The third-order valence-corrected chi connectivity index (χ3v) is 8.05. The number of aromatic nitrogens is 8. The number of H-pyrrole nitrogens is 2. The molecule has 0 unspecified atom stereocenters. The molecule has 0 fully saturated rings. The van der Waals surface area contributed by atoms with Gasteiger partial charge in [-0.25, -0.2) is 29.9 Å². The molecule has 0 saturated carbocycles. The molecule has 42 heavy (non-hydrogen) atoms. The molecular formula is C34H22N8. The van der Waals surface area contributed by atoms with Gasteiger partial charge in [0.2, 0.25) is 0 Å². The Bertz CT molecular complexity index is 2410. The Morgan fingerprint density at radius 2 is 0.833 bits per heavy atom. The number of benzene rings is 4. The van der Waals surface area contributed by atoms with Gasteiger partial charge in [0.05, 0.1) is 0 Å². The normalized spacial score (nSPS) is 12.0. The molecule has 0 radical (unpaired) electrons. The zero-order valence-corrected chi connectivity index (χ0v) is 22.6. The van der Waals surface area contributed by atoms with Crippen LogP contribution in [-0.2, 0) is 6.42 Å². The Kier molecular flexibility index (Phi) is 4.72. The first-order chi connectivity index (χ1) is 20.7. The molecule has 7 aromatic rings. The Labute approximate surface area is 239 Å². The zero-order chi connectivity index (χ0) is 27.8. The monoisotopic (exact) mass is 542 g/mol. The highest BCUT2D eigenvalue weighted by molar-refractivity contribution is 6.07. The molecule has 0 atom stereocenters. The molecule has 3 aromatic heterocycles. The zero-order valence-electron chi connectivity index (χ0n) is 22.6. The Morgan fingerprint density at radius 3 is 1.33 bits per heavy atom. The van der Waals surface area contributed by atoms with Crippen molar-refractivity contribution in [3.05, 3.63) is 96.6 Å². The third kappa shape index (κ3) is 3.29. The Balaban J connectivity index is 1.52. The predicted octanol–water partition coefficient (Wildman–Crippen LogP) is 7.43. The van der Waals surface area contributed by atoms with Crippen molar-refractivity contribution in [2.24, 2.45) is 0 Å². The summed E-state index contributed by atoms with van der Waals surface area (Å²) in [5.41, 5.74) is 7.71. The lowest BCUT2D eigenvalue weighted by Gasteiger charge is -1.99. The van der Waals surface area contributed by atoms with E-state index in [4.69, 9.17) is 29.9 Å². The maximum Gasteiger partial charge on any atom is 0.164 e. The molecule has 5 heterocycles. The molecule has 0 saturated heterocycles. The molecule has 2 aliphatic heterocycles. The van der Waals surface area contributed by atoms with Crippen LogP contribution in [-0.4, -0.2) is 39.9 Å². The largest absolute Gasteiger partial charge is 0.324 e. The van der Waals surface area contributed by atoms with Crippen LogP contribution in [0.5, 0.6) is 0 Å². The lowest BCUT2D eigenvalue weighted by atomic mass is 10.1. The second-order valence-electron chi connectivity index (χ2n) is 10.4. The average molecular weight is 543 g/mol. The minimum atomic E-state index is 0.601. The SMILES string of the molecule is CCc1cccc2c3nc4nc(nc5[nH]c(nc6nc(nc([nH]3)c12)-c1ccccc1-6)c1ccccc51)-c1ccccc1-4. The first-order valence-corrected chi connectivity index (χ1v) is 14.0. The molecule has 4 aromatic carbocycles. The summed E-state index contributed by atoms with van der Waals surface area (Å²) in [5.74, 6) is 2.42. The summed E-state index contributed by atoms with van der Waals surface area (Å²) in [5, 5.41) is 3.94. The van der Waals surface area contributed by atoms with E-state index in [1.54, 1.807) is 0 Å². The number of aryl methyl sites for hydroxylation is 1. The van der Waals surface area contributed by atoms with E-state index in [0.29, 0.717) is 40.2 Å². The van der Waals surface area contributed by atoms with Crippen molar-refractivity contribution in [3.63, 3.8) is 0 Å². The van der Waals surface area contributed by atoms with E-state index in [9.17, 15) is 0 Å². The van der Waals surface area contributed by atoms with Crippen LogP contribution in [0.2, 0.25) is 0 Å². The quantitative estimate of drug-likeness (QED) is 0.223. The fraction of sp³-hybridized carbons (Fsp3) is 0.0588. The fourth-order valence-corrected chi connectivity index (χ4v) is 6.06. The second-order valence-corrected chi connectivity index (χ2v) is 10.4. The highest BCUT2D eigenvalue weighted by Crippen LogP contribution is 2.37. The van der Waals surface area contributed by atoms with Crippen molar-refractivity contribution in [2.75, 3.05) is 0 Å². The molecule has 0 spiro atoms. The molecule has 8 nitrogen and oxygen atoms in total. The molecule has 8 bridgehead atoms. The van der Waals surface area contributed by atoms with Crippen LogP contribution in [0.25, 0.3) is 89.7 Å². The molecule has 8 heteroatoms. The van der Waals surface area contributed by atoms with Gasteiger partial charge in [-0.15, -0.1) is 0 Å². The Hall–Kier alpha value is -5.76.